The number of aromatic nitrogens is 4. The van der Waals surface area contributed by atoms with Gasteiger partial charge in [0.2, 0.25) is 5.91 Å². The van der Waals surface area contributed by atoms with Gasteiger partial charge in [-0.2, -0.15) is 17.7 Å². The first-order chi connectivity index (χ1) is 15.2. The number of nitrogens with one attached hydrogen (secondary N) is 1. The smallest absolute Gasteiger partial charge is 0.355 e. The minimum atomic E-state index is -4.63. The number of piperidine rings is 1. The minimum absolute atomic E-state index is 0.0307. The maximum absolute atomic E-state index is 13.1. The van der Waals surface area contributed by atoms with E-state index in [-0.39, 0.29) is 23.0 Å². The van der Waals surface area contributed by atoms with Gasteiger partial charge in [0.1, 0.15) is 5.82 Å². The van der Waals surface area contributed by atoms with Crippen molar-refractivity contribution in [2.45, 2.75) is 56.7 Å². The summed E-state index contributed by atoms with van der Waals surface area (Å²) in [5, 5.41) is 14.1. The molecule has 2 aliphatic rings. The van der Waals surface area contributed by atoms with Gasteiger partial charge in [-0.25, -0.2) is 0 Å². The topological polar surface area (TPSA) is 78.7 Å². The van der Waals surface area contributed by atoms with E-state index in [1.54, 1.807) is 6.07 Å². The number of carbonyl (C=O) groups is 1. The molecule has 0 aromatic carbocycles. The van der Waals surface area contributed by atoms with Crippen molar-refractivity contribution in [3.05, 3.63) is 18.0 Å². The SMILES string of the molecule is CN(C)C1(CNC(=O)C2CCN(c3ccc4nnc(C(F)(F)F)n4n3)CC2)CCCCC1. The molecule has 4 rings (SSSR count). The van der Waals surface area contributed by atoms with Crippen molar-refractivity contribution in [1.82, 2.24) is 30.0 Å². The second kappa shape index (κ2) is 8.84. The van der Waals surface area contributed by atoms with Gasteiger partial charge in [-0.1, -0.05) is 19.3 Å². The molecule has 2 aromatic heterocycles. The highest BCUT2D eigenvalue weighted by atomic mass is 19.4. The third-order valence-corrected chi connectivity index (χ3v) is 7.02. The van der Waals surface area contributed by atoms with Crippen molar-refractivity contribution in [3.8, 4) is 0 Å². The molecule has 0 radical (unpaired) electrons. The summed E-state index contributed by atoms with van der Waals surface area (Å²) in [6.45, 7) is 1.77. The summed E-state index contributed by atoms with van der Waals surface area (Å²) in [7, 11) is 4.17. The number of anilines is 1. The van der Waals surface area contributed by atoms with Crippen LogP contribution in [-0.2, 0) is 11.0 Å². The van der Waals surface area contributed by atoms with E-state index in [9.17, 15) is 18.0 Å². The summed E-state index contributed by atoms with van der Waals surface area (Å²) in [5.41, 5.74) is 0.0797. The highest BCUT2D eigenvalue weighted by Gasteiger charge is 2.38. The van der Waals surface area contributed by atoms with Gasteiger partial charge in [-0.05, 0) is 51.9 Å². The van der Waals surface area contributed by atoms with Crippen molar-refractivity contribution in [1.29, 1.82) is 0 Å². The molecule has 176 valence electrons. The fraction of sp³-hybridized carbons (Fsp3) is 0.714. The highest BCUT2D eigenvalue weighted by molar-refractivity contribution is 5.79. The Morgan fingerprint density at radius 1 is 1.16 bits per heavy atom. The van der Waals surface area contributed by atoms with E-state index < -0.39 is 12.0 Å². The van der Waals surface area contributed by atoms with E-state index in [2.05, 4.69) is 39.6 Å². The number of hydrogen-bond donors (Lipinski definition) is 1. The molecule has 11 heteroatoms. The molecule has 0 atom stereocenters. The monoisotopic (exact) mass is 453 g/mol. The van der Waals surface area contributed by atoms with Gasteiger partial charge in [0, 0.05) is 31.1 Å². The van der Waals surface area contributed by atoms with Crippen molar-refractivity contribution in [2.75, 3.05) is 38.6 Å². The van der Waals surface area contributed by atoms with Crippen LogP contribution in [0.1, 0.15) is 50.8 Å². The van der Waals surface area contributed by atoms with Crippen LogP contribution in [0.5, 0.6) is 0 Å². The van der Waals surface area contributed by atoms with Gasteiger partial charge in [0.05, 0.1) is 0 Å². The first kappa shape index (κ1) is 22.8. The van der Waals surface area contributed by atoms with Gasteiger partial charge in [0.15, 0.2) is 5.65 Å². The third kappa shape index (κ3) is 4.53. The molecule has 1 aliphatic carbocycles. The third-order valence-electron chi connectivity index (χ3n) is 7.02. The second-order valence-electron chi connectivity index (χ2n) is 9.14. The van der Waals surface area contributed by atoms with Gasteiger partial charge in [-0.15, -0.1) is 15.3 Å². The number of hydrogen-bond acceptors (Lipinski definition) is 6. The number of carbonyl (C=O) groups excluding carboxylic acids is 1. The molecule has 1 N–H and O–H groups in total. The van der Waals surface area contributed by atoms with Crippen LogP contribution in [0.25, 0.3) is 5.65 Å². The Bertz CT molecular complexity index is 945. The van der Waals surface area contributed by atoms with E-state index in [4.69, 9.17) is 0 Å². The standard InChI is InChI=1S/C21H30F3N7O/c1-29(2)20(10-4-3-5-11-20)14-25-18(32)15-8-12-30(13-9-15)17-7-6-16-26-27-19(21(22,23)24)31(16)28-17/h6-7,15H,3-5,8-14H2,1-2H3,(H,25,32). The predicted octanol–water partition coefficient (Wildman–Crippen LogP) is 2.74. The number of fused-ring (bicyclic) bond motifs is 1. The number of amides is 1. The molecular weight excluding hydrogens is 423 g/mol. The van der Waals surface area contributed by atoms with Crippen LogP contribution in [0.15, 0.2) is 12.1 Å². The first-order valence-electron chi connectivity index (χ1n) is 11.2. The normalized spacial score (nSPS) is 20.1. The summed E-state index contributed by atoms with van der Waals surface area (Å²) in [4.78, 5) is 17.0. The lowest BCUT2D eigenvalue weighted by molar-refractivity contribution is -0.146. The largest absolute Gasteiger partial charge is 0.453 e. The van der Waals surface area contributed by atoms with Crippen LogP contribution in [0, 0.1) is 5.92 Å². The number of halogens is 3. The lowest BCUT2D eigenvalue weighted by Crippen LogP contribution is -2.55. The lowest BCUT2D eigenvalue weighted by Gasteiger charge is -2.43. The molecule has 1 aliphatic heterocycles. The minimum Gasteiger partial charge on any atom is -0.355 e. The van der Waals surface area contributed by atoms with Crippen molar-refractivity contribution >= 4 is 17.4 Å². The molecule has 3 heterocycles. The fourth-order valence-corrected chi connectivity index (χ4v) is 4.88. The number of alkyl halides is 3. The summed E-state index contributed by atoms with van der Waals surface area (Å²) in [6, 6.07) is 3.13. The quantitative estimate of drug-likeness (QED) is 0.750. The number of likely N-dealkylation sites (N-methyl/N-ethyl adjacent to an activating group) is 1. The van der Waals surface area contributed by atoms with E-state index in [0.29, 0.717) is 38.3 Å². The molecule has 0 unspecified atom stereocenters. The summed E-state index contributed by atoms with van der Waals surface area (Å²) in [5.74, 6) is -0.743. The highest BCUT2D eigenvalue weighted by Crippen LogP contribution is 2.32. The zero-order valence-electron chi connectivity index (χ0n) is 18.5. The molecule has 0 bridgehead atoms. The molecule has 1 saturated carbocycles. The van der Waals surface area contributed by atoms with Crippen LogP contribution in [0.2, 0.25) is 0 Å². The van der Waals surface area contributed by atoms with Crippen LogP contribution in [0.3, 0.4) is 0 Å². The average Bonchev–Trinajstić information content (AvgIpc) is 3.22. The molecule has 32 heavy (non-hydrogen) atoms. The zero-order valence-corrected chi connectivity index (χ0v) is 18.5. The van der Waals surface area contributed by atoms with E-state index >= 15 is 0 Å². The molecule has 0 spiro atoms. The van der Waals surface area contributed by atoms with Gasteiger partial charge < -0.3 is 15.1 Å². The number of nitrogens with zero attached hydrogens (tertiary/aromatic N) is 6. The second-order valence-corrected chi connectivity index (χ2v) is 9.14. The van der Waals surface area contributed by atoms with Crippen LogP contribution in [0.4, 0.5) is 19.0 Å². The van der Waals surface area contributed by atoms with Crippen LogP contribution in [-0.4, -0.2) is 69.9 Å². The van der Waals surface area contributed by atoms with E-state index in [0.717, 1.165) is 17.4 Å². The molecule has 1 amide bonds. The molecule has 2 aromatic rings. The Kier molecular flexibility index (Phi) is 6.28. The van der Waals surface area contributed by atoms with Crippen LogP contribution < -0.4 is 10.2 Å². The van der Waals surface area contributed by atoms with Crippen molar-refractivity contribution in [3.63, 3.8) is 0 Å². The summed E-state index contributed by atoms with van der Waals surface area (Å²) < 4.78 is 40.1. The zero-order chi connectivity index (χ0) is 22.9. The molecular formula is C21H30F3N7O. The Balaban J connectivity index is 1.36. The Morgan fingerprint density at radius 3 is 2.47 bits per heavy atom. The van der Waals surface area contributed by atoms with Gasteiger partial charge in [0.25, 0.3) is 5.82 Å². The number of rotatable bonds is 5. The predicted molar refractivity (Wildman–Crippen MR) is 113 cm³/mol. The Hall–Kier alpha value is -2.43. The van der Waals surface area contributed by atoms with Crippen molar-refractivity contribution < 1.29 is 18.0 Å². The Labute approximate surface area is 185 Å². The van der Waals surface area contributed by atoms with E-state index in [1.807, 2.05) is 4.90 Å². The first-order valence-corrected chi connectivity index (χ1v) is 11.2. The molecule has 1 saturated heterocycles. The van der Waals surface area contributed by atoms with Crippen molar-refractivity contribution in [2.24, 2.45) is 5.92 Å². The molecule has 2 fully saturated rings. The van der Waals surface area contributed by atoms with Gasteiger partial charge >= 0.3 is 6.18 Å². The summed E-state index contributed by atoms with van der Waals surface area (Å²) in [6.07, 6.45) is 2.45. The van der Waals surface area contributed by atoms with Gasteiger partial charge in [-0.3, -0.25) is 4.79 Å². The van der Waals surface area contributed by atoms with Crippen LogP contribution >= 0.6 is 0 Å². The summed E-state index contributed by atoms with van der Waals surface area (Å²) >= 11 is 0. The Morgan fingerprint density at radius 2 is 1.84 bits per heavy atom. The maximum atomic E-state index is 13.1. The maximum Gasteiger partial charge on any atom is 0.453 e. The van der Waals surface area contributed by atoms with E-state index in [1.165, 1.54) is 25.3 Å². The average molecular weight is 454 g/mol. The lowest BCUT2D eigenvalue weighted by atomic mass is 9.80. The fourth-order valence-electron chi connectivity index (χ4n) is 4.88. The molecule has 8 nitrogen and oxygen atoms in total.